The van der Waals surface area contributed by atoms with Crippen LogP contribution in [0.4, 0.5) is 0 Å². The van der Waals surface area contributed by atoms with Gasteiger partial charge in [0.2, 0.25) is 0 Å². The highest BCUT2D eigenvalue weighted by Crippen LogP contribution is 2.17. The predicted molar refractivity (Wildman–Crippen MR) is 83.8 cm³/mol. The van der Waals surface area contributed by atoms with Crippen molar-refractivity contribution in [1.29, 1.82) is 0 Å². The van der Waals surface area contributed by atoms with Crippen LogP contribution in [0.15, 0.2) is 18.2 Å². The van der Waals surface area contributed by atoms with E-state index in [0.717, 1.165) is 14.7 Å². The number of benzene rings is 1. The van der Waals surface area contributed by atoms with Crippen molar-refractivity contribution in [3.63, 3.8) is 0 Å². The maximum atomic E-state index is 12.0. The lowest BCUT2D eigenvalue weighted by Crippen LogP contribution is -2.32. The third-order valence-corrected chi connectivity index (χ3v) is 5.43. The molecule has 1 amide bonds. The summed E-state index contributed by atoms with van der Waals surface area (Å²) < 4.78 is 1.03. The van der Waals surface area contributed by atoms with Crippen molar-refractivity contribution in [2.45, 2.75) is 25.6 Å². The highest BCUT2D eigenvalue weighted by molar-refractivity contribution is 14.1. The minimum Gasteiger partial charge on any atom is -0.351 e. The molecule has 4 heteroatoms. The highest BCUT2D eigenvalue weighted by Gasteiger charge is 2.14. The third-order valence-electron chi connectivity index (χ3n) is 2.62. The van der Waals surface area contributed by atoms with Gasteiger partial charge in [-0.05, 0) is 47.1 Å². The molecule has 1 unspecified atom stereocenters. The van der Waals surface area contributed by atoms with Crippen LogP contribution >= 0.6 is 38.5 Å². The van der Waals surface area contributed by atoms with Gasteiger partial charge in [-0.15, -0.1) is 0 Å². The van der Waals surface area contributed by atoms with Crippen LogP contribution in [0.2, 0.25) is 0 Å². The maximum Gasteiger partial charge on any atom is 0.252 e. The van der Waals surface area contributed by atoms with Crippen molar-refractivity contribution in [2.75, 3.05) is 6.54 Å². The second-order valence-electron chi connectivity index (χ2n) is 4.41. The molecule has 94 valence electrons. The first kappa shape index (κ1) is 15.0. The summed E-state index contributed by atoms with van der Waals surface area (Å²) >= 11 is 5.78. The molecule has 0 aliphatic heterocycles. The second-order valence-corrected chi connectivity index (χ2v) is 6.66. The number of aryl methyl sites for hydroxylation is 1. The Balaban J connectivity index is 2.68. The van der Waals surface area contributed by atoms with E-state index in [9.17, 15) is 4.79 Å². The second kappa shape index (κ2) is 6.73. The SMILES string of the molecule is Cc1cccc(C(=O)NCC(Br)C(C)C)c1I. The Bertz CT molecular complexity index is 406. The molecule has 0 saturated carbocycles. The normalized spacial score (nSPS) is 12.6. The Kier molecular flexibility index (Phi) is 5.92. The average molecular weight is 410 g/mol. The summed E-state index contributed by atoms with van der Waals surface area (Å²) in [5.74, 6) is 0.509. The molecule has 0 heterocycles. The van der Waals surface area contributed by atoms with Gasteiger partial charge < -0.3 is 5.32 Å². The van der Waals surface area contributed by atoms with Gasteiger partial charge in [0.05, 0.1) is 5.56 Å². The van der Waals surface area contributed by atoms with E-state index in [1.807, 2.05) is 25.1 Å². The lowest BCUT2D eigenvalue weighted by atomic mass is 10.1. The van der Waals surface area contributed by atoms with Crippen molar-refractivity contribution in [3.05, 3.63) is 32.9 Å². The largest absolute Gasteiger partial charge is 0.351 e. The molecule has 1 N–H and O–H groups in total. The van der Waals surface area contributed by atoms with Crippen LogP contribution < -0.4 is 5.32 Å². The Morgan fingerprint density at radius 3 is 2.71 bits per heavy atom. The lowest BCUT2D eigenvalue weighted by Gasteiger charge is -2.15. The molecule has 1 aromatic rings. The average Bonchev–Trinajstić information content (AvgIpc) is 2.29. The molecule has 0 spiro atoms. The van der Waals surface area contributed by atoms with Crippen molar-refractivity contribution >= 4 is 44.4 Å². The van der Waals surface area contributed by atoms with Crippen LogP contribution in [0.3, 0.4) is 0 Å². The van der Waals surface area contributed by atoms with E-state index in [0.29, 0.717) is 17.3 Å². The Morgan fingerprint density at radius 2 is 2.12 bits per heavy atom. The number of amides is 1. The molecule has 0 aromatic heterocycles. The van der Waals surface area contributed by atoms with Crippen molar-refractivity contribution < 1.29 is 4.79 Å². The number of carbonyl (C=O) groups excluding carboxylic acids is 1. The molecule has 2 nitrogen and oxygen atoms in total. The molecule has 0 saturated heterocycles. The minimum absolute atomic E-state index is 0.00296. The summed E-state index contributed by atoms with van der Waals surface area (Å²) in [5, 5.41) is 2.96. The minimum atomic E-state index is 0.00296. The molecule has 17 heavy (non-hydrogen) atoms. The van der Waals surface area contributed by atoms with Gasteiger partial charge in [0.15, 0.2) is 0 Å². The summed E-state index contributed by atoms with van der Waals surface area (Å²) in [5.41, 5.74) is 1.89. The zero-order valence-corrected chi connectivity index (χ0v) is 14.0. The number of hydrogen-bond acceptors (Lipinski definition) is 1. The van der Waals surface area contributed by atoms with Crippen molar-refractivity contribution in [3.8, 4) is 0 Å². The number of alkyl halides is 1. The van der Waals surface area contributed by atoms with Crippen molar-refractivity contribution in [2.24, 2.45) is 5.92 Å². The fourth-order valence-electron chi connectivity index (χ4n) is 1.34. The molecule has 0 radical (unpaired) electrons. The number of rotatable bonds is 4. The van der Waals surface area contributed by atoms with Crippen LogP contribution in [0.5, 0.6) is 0 Å². The number of carbonyl (C=O) groups is 1. The summed E-state index contributed by atoms with van der Waals surface area (Å²) in [6, 6.07) is 5.79. The summed E-state index contributed by atoms with van der Waals surface area (Å²) in [6.07, 6.45) is 0. The summed E-state index contributed by atoms with van der Waals surface area (Å²) in [7, 11) is 0. The van der Waals surface area contributed by atoms with Crippen LogP contribution in [0.25, 0.3) is 0 Å². The van der Waals surface area contributed by atoms with Gasteiger partial charge in [-0.1, -0.05) is 41.9 Å². The first-order valence-corrected chi connectivity index (χ1v) is 7.60. The van der Waals surface area contributed by atoms with E-state index in [1.165, 1.54) is 0 Å². The number of hydrogen-bond donors (Lipinski definition) is 1. The van der Waals surface area contributed by atoms with Gasteiger partial charge >= 0.3 is 0 Å². The molecule has 1 atom stereocenters. The number of halogens is 2. The summed E-state index contributed by atoms with van der Waals surface area (Å²) in [6.45, 7) is 6.92. The fraction of sp³-hybridized carbons (Fsp3) is 0.462. The van der Waals surface area contributed by atoms with Gasteiger partial charge in [-0.3, -0.25) is 4.79 Å². The molecule has 1 rings (SSSR count). The number of nitrogens with one attached hydrogen (secondary N) is 1. The topological polar surface area (TPSA) is 29.1 Å². The van der Waals surface area contributed by atoms with E-state index >= 15 is 0 Å². The van der Waals surface area contributed by atoms with Crippen LogP contribution in [0.1, 0.15) is 29.8 Å². The van der Waals surface area contributed by atoms with E-state index < -0.39 is 0 Å². The predicted octanol–water partition coefficient (Wildman–Crippen LogP) is 3.75. The molecular formula is C13H17BrINO. The van der Waals surface area contributed by atoms with Gasteiger partial charge in [-0.2, -0.15) is 0 Å². The Hall–Kier alpha value is -0.100. The van der Waals surface area contributed by atoms with Crippen LogP contribution in [-0.2, 0) is 0 Å². The van der Waals surface area contributed by atoms with Gasteiger partial charge in [0.25, 0.3) is 5.91 Å². The zero-order chi connectivity index (χ0) is 13.0. The van der Waals surface area contributed by atoms with Gasteiger partial charge in [0, 0.05) is 14.9 Å². The molecule has 1 aromatic carbocycles. The first-order chi connectivity index (χ1) is 7.93. The fourth-order valence-corrected chi connectivity index (χ4v) is 2.11. The summed E-state index contributed by atoms with van der Waals surface area (Å²) in [4.78, 5) is 12.3. The van der Waals surface area contributed by atoms with E-state index in [-0.39, 0.29) is 5.91 Å². The standard InChI is InChI=1S/C13H17BrINO/c1-8(2)11(14)7-16-13(17)10-6-4-5-9(3)12(10)15/h4-6,8,11H,7H2,1-3H3,(H,16,17). The van der Waals surface area contributed by atoms with E-state index in [1.54, 1.807) is 0 Å². The molecule has 0 fully saturated rings. The smallest absolute Gasteiger partial charge is 0.252 e. The Labute approximate surface area is 125 Å². The van der Waals surface area contributed by atoms with Crippen LogP contribution in [0, 0.1) is 16.4 Å². The molecular weight excluding hydrogens is 393 g/mol. The molecule has 0 bridgehead atoms. The van der Waals surface area contributed by atoms with Crippen molar-refractivity contribution in [1.82, 2.24) is 5.32 Å². The Morgan fingerprint density at radius 1 is 1.47 bits per heavy atom. The molecule has 0 aliphatic carbocycles. The quantitative estimate of drug-likeness (QED) is 0.595. The lowest BCUT2D eigenvalue weighted by molar-refractivity contribution is 0.0952. The van der Waals surface area contributed by atoms with Gasteiger partial charge in [-0.25, -0.2) is 0 Å². The monoisotopic (exact) mass is 409 g/mol. The molecule has 0 aliphatic rings. The highest BCUT2D eigenvalue weighted by atomic mass is 127. The van der Waals surface area contributed by atoms with Crippen LogP contribution in [-0.4, -0.2) is 17.3 Å². The zero-order valence-electron chi connectivity index (χ0n) is 10.3. The van der Waals surface area contributed by atoms with Gasteiger partial charge in [0.1, 0.15) is 0 Å². The maximum absolute atomic E-state index is 12.0. The van der Waals surface area contributed by atoms with E-state index in [2.05, 4.69) is 57.7 Å². The first-order valence-electron chi connectivity index (χ1n) is 5.61. The third kappa shape index (κ3) is 4.25. The van der Waals surface area contributed by atoms with E-state index in [4.69, 9.17) is 0 Å².